The minimum absolute atomic E-state index is 0.123. The summed E-state index contributed by atoms with van der Waals surface area (Å²) in [6.45, 7) is 1.92. The van der Waals surface area contributed by atoms with E-state index in [0.29, 0.717) is 27.8 Å². The summed E-state index contributed by atoms with van der Waals surface area (Å²) in [5, 5.41) is 3.87. The average molecular weight is 420 g/mol. The van der Waals surface area contributed by atoms with Gasteiger partial charge < -0.3 is 10.3 Å². The molecule has 0 saturated carbocycles. The van der Waals surface area contributed by atoms with Gasteiger partial charge >= 0.3 is 0 Å². The summed E-state index contributed by atoms with van der Waals surface area (Å²) in [4.78, 5) is 20.3. The van der Waals surface area contributed by atoms with Gasteiger partial charge in [-0.1, -0.05) is 24.3 Å². The molecule has 0 atom stereocenters. The van der Waals surface area contributed by atoms with Crippen LogP contribution in [0.5, 0.6) is 0 Å². The van der Waals surface area contributed by atoms with E-state index in [1.165, 1.54) is 6.20 Å². The van der Waals surface area contributed by atoms with Crippen molar-refractivity contribution in [3.8, 4) is 11.3 Å². The third-order valence-corrected chi connectivity index (χ3v) is 5.11. The van der Waals surface area contributed by atoms with E-state index in [4.69, 9.17) is 0 Å². The van der Waals surface area contributed by atoms with Gasteiger partial charge in [0, 0.05) is 17.4 Å². The standard InChI is InChI=1S/C22H20N4O3S/c1-14-8-9-18(27)20-17(12-14)25-21(22(20)24-16-6-4-3-5-7-16)15-10-11-23-19(13-15)26-30(2,28)29/h3-13,24-25H,1-2H3,(H,23,26). The lowest BCUT2D eigenvalue weighted by atomic mass is 10.1. The lowest BCUT2D eigenvalue weighted by Crippen LogP contribution is -2.10. The van der Waals surface area contributed by atoms with Gasteiger partial charge in [0.1, 0.15) is 5.82 Å². The van der Waals surface area contributed by atoms with Crippen LogP contribution in [-0.2, 0) is 10.0 Å². The number of aryl methyl sites for hydroxylation is 1. The van der Waals surface area contributed by atoms with Crippen molar-refractivity contribution < 1.29 is 8.42 Å². The second-order valence-electron chi connectivity index (χ2n) is 7.04. The van der Waals surface area contributed by atoms with Crippen LogP contribution >= 0.6 is 0 Å². The Bertz CT molecular complexity index is 1400. The smallest absolute Gasteiger partial charge is 0.230 e. The Balaban J connectivity index is 1.96. The van der Waals surface area contributed by atoms with Gasteiger partial charge in [-0.05, 0) is 48.9 Å². The predicted octanol–water partition coefficient (Wildman–Crippen LogP) is 4.01. The molecule has 30 heavy (non-hydrogen) atoms. The number of fused-ring (bicyclic) bond motifs is 1. The first-order chi connectivity index (χ1) is 14.3. The van der Waals surface area contributed by atoms with Crippen LogP contribution < -0.4 is 15.5 Å². The molecule has 2 heterocycles. The minimum atomic E-state index is -3.47. The highest BCUT2D eigenvalue weighted by Gasteiger charge is 2.17. The number of aromatic nitrogens is 2. The topological polar surface area (TPSA) is 104 Å². The molecule has 0 saturated heterocycles. The number of anilines is 3. The number of hydrogen-bond donors (Lipinski definition) is 3. The summed E-state index contributed by atoms with van der Waals surface area (Å²) in [5.41, 5.74) is 4.29. The maximum Gasteiger partial charge on any atom is 0.230 e. The Kier molecular flexibility index (Phi) is 5.01. The third-order valence-electron chi connectivity index (χ3n) is 4.53. The van der Waals surface area contributed by atoms with Crippen molar-refractivity contribution in [2.75, 3.05) is 16.3 Å². The Morgan fingerprint density at radius 1 is 1.00 bits per heavy atom. The van der Waals surface area contributed by atoms with Crippen molar-refractivity contribution in [3.05, 3.63) is 82.6 Å². The minimum Gasteiger partial charge on any atom is -0.353 e. The summed E-state index contributed by atoms with van der Waals surface area (Å²) in [6.07, 6.45) is 2.59. The highest BCUT2D eigenvalue weighted by Crippen LogP contribution is 2.36. The molecule has 4 aromatic rings. The molecule has 0 unspecified atom stereocenters. The van der Waals surface area contributed by atoms with Crippen LogP contribution in [0.4, 0.5) is 17.2 Å². The van der Waals surface area contributed by atoms with E-state index in [2.05, 4.69) is 20.0 Å². The molecule has 2 aromatic carbocycles. The second-order valence-corrected chi connectivity index (χ2v) is 8.79. The van der Waals surface area contributed by atoms with Crippen LogP contribution in [-0.4, -0.2) is 24.6 Å². The number of hydrogen-bond acceptors (Lipinski definition) is 5. The van der Waals surface area contributed by atoms with Gasteiger partial charge in [-0.25, -0.2) is 13.4 Å². The van der Waals surface area contributed by atoms with Gasteiger partial charge in [0.2, 0.25) is 10.0 Å². The first kappa shape index (κ1) is 19.7. The molecule has 7 nitrogen and oxygen atoms in total. The third kappa shape index (κ3) is 4.18. The van der Waals surface area contributed by atoms with Gasteiger partial charge in [-0.15, -0.1) is 0 Å². The van der Waals surface area contributed by atoms with Crippen molar-refractivity contribution in [1.29, 1.82) is 0 Å². The van der Waals surface area contributed by atoms with Crippen LogP contribution in [0.3, 0.4) is 0 Å². The molecule has 152 valence electrons. The van der Waals surface area contributed by atoms with Gasteiger partial charge in [-0.3, -0.25) is 9.52 Å². The number of para-hydroxylation sites is 1. The molecule has 3 N–H and O–H groups in total. The number of aromatic amines is 1. The predicted molar refractivity (Wildman–Crippen MR) is 121 cm³/mol. The molecule has 0 aliphatic carbocycles. The number of pyridine rings is 1. The van der Waals surface area contributed by atoms with E-state index in [9.17, 15) is 13.2 Å². The maximum absolute atomic E-state index is 12.9. The summed E-state index contributed by atoms with van der Waals surface area (Å²) in [5.74, 6) is 0.198. The first-order valence-electron chi connectivity index (χ1n) is 9.23. The fourth-order valence-corrected chi connectivity index (χ4v) is 3.78. The molecule has 0 spiro atoms. The van der Waals surface area contributed by atoms with Crippen molar-refractivity contribution in [3.63, 3.8) is 0 Å². The SMILES string of the molecule is Cc1ccc(=O)c2c(Nc3ccccc3)c(-c3ccnc(NS(C)(=O)=O)c3)[nH]c2c1. The zero-order valence-corrected chi connectivity index (χ0v) is 17.2. The highest BCUT2D eigenvalue weighted by atomic mass is 32.2. The van der Waals surface area contributed by atoms with Gasteiger partial charge in [-0.2, -0.15) is 0 Å². The van der Waals surface area contributed by atoms with Gasteiger partial charge in [0.25, 0.3) is 0 Å². The van der Waals surface area contributed by atoms with E-state index in [0.717, 1.165) is 17.5 Å². The highest BCUT2D eigenvalue weighted by molar-refractivity contribution is 7.92. The molecule has 0 bridgehead atoms. The van der Waals surface area contributed by atoms with E-state index in [-0.39, 0.29) is 11.2 Å². The fraction of sp³-hybridized carbons (Fsp3) is 0.0909. The molecular formula is C22H20N4O3S. The molecule has 0 radical (unpaired) electrons. The number of benzene rings is 1. The van der Waals surface area contributed by atoms with E-state index in [1.807, 2.05) is 43.3 Å². The van der Waals surface area contributed by atoms with Crippen molar-refractivity contribution in [1.82, 2.24) is 9.97 Å². The zero-order chi connectivity index (χ0) is 21.3. The van der Waals surface area contributed by atoms with E-state index in [1.54, 1.807) is 24.3 Å². The monoisotopic (exact) mass is 420 g/mol. The van der Waals surface area contributed by atoms with Crippen LogP contribution in [0.25, 0.3) is 22.2 Å². The van der Waals surface area contributed by atoms with Crippen LogP contribution in [0, 0.1) is 6.92 Å². The summed E-state index contributed by atoms with van der Waals surface area (Å²) >= 11 is 0. The molecule has 0 aliphatic heterocycles. The van der Waals surface area contributed by atoms with Gasteiger partial charge in [0.05, 0.1) is 28.5 Å². The number of nitrogens with zero attached hydrogens (tertiary/aromatic N) is 1. The quantitative estimate of drug-likeness (QED) is 0.452. The Labute approximate surface area is 173 Å². The number of H-pyrrole nitrogens is 1. The molecule has 0 amide bonds. The number of rotatable bonds is 5. The largest absolute Gasteiger partial charge is 0.353 e. The molecule has 8 heteroatoms. The number of nitrogens with one attached hydrogen (secondary N) is 3. The van der Waals surface area contributed by atoms with Gasteiger partial charge in [0.15, 0.2) is 5.43 Å². The Hall–Kier alpha value is -3.65. The number of sulfonamides is 1. The zero-order valence-electron chi connectivity index (χ0n) is 16.4. The summed E-state index contributed by atoms with van der Waals surface area (Å²) < 4.78 is 25.6. The lowest BCUT2D eigenvalue weighted by molar-refractivity contribution is 0.606. The molecule has 0 aliphatic rings. The van der Waals surface area contributed by atoms with E-state index >= 15 is 0 Å². The Morgan fingerprint density at radius 3 is 2.50 bits per heavy atom. The van der Waals surface area contributed by atoms with Crippen molar-refractivity contribution in [2.24, 2.45) is 0 Å². The molecule has 2 aromatic heterocycles. The van der Waals surface area contributed by atoms with Crippen molar-refractivity contribution in [2.45, 2.75) is 6.92 Å². The average Bonchev–Trinajstić information content (AvgIpc) is 2.96. The van der Waals surface area contributed by atoms with Crippen LogP contribution in [0.1, 0.15) is 5.56 Å². The first-order valence-corrected chi connectivity index (χ1v) is 11.1. The molecular weight excluding hydrogens is 400 g/mol. The van der Waals surface area contributed by atoms with Crippen LogP contribution in [0.2, 0.25) is 0 Å². The lowest BCUT2D eigenvalue weighted by Gasteiger charge is -2.10. The van der Waals surface area contributed by atoms with Crippen LogP contribution in [0.15, 0.2) is 71.7 Å². The summed E-state index contributed by atoms with van der Waals surface area (Å²) in [7, 11) is -3.47. The maximum atomic E-state index is 12.9. The van der Waals surface area contributed by atoms with Crippen molar-refractivity contribution >= 4 is 38.1 Å². The Morgan fingerprint density at radius 2 is 1.77 bits per heavy atom. The van der Waals surface area contributed by atoms with E-state index < -0.39 is 10.0 Å². The summed E-state index contributed by atoms with van der Waals surface area (Å²) in [6, 6.07) is 18.2. The fourth-order valence-electron chi connectivity index (χ4n) is 3.29. The molecule has 0 fully saturated rings. The second kappa shape index (κ2) is 7.64. The molecule has 4 rings (SSSR count). The normalized spacial score (nSPS) is 11.4.